The largest absolute Gasteiger partial charge is 0.389 e. The third-order valence-electron chi connectivity index (χ3n) is 3.06. The summed E-state index contributed by atoms with van der Waals surface area (Å²) in [6.45, 7) is 3.31. The Morgan fingerprint density at radius 2 is 2.12 bits per heavy atom. The fraction of sp³-hybridized carbons (Fsp3) is 0.357. The number of unbranched alkanes of at least 4 members (excludes halogenated alkanes) is 2. The second-order valence-electron chi connectivity index (χ2n) is 4.35. The zero-order valence-corrected chi connectivity index (χ0v) is 11.0. The fourth-order valence-electron chi connectivity index (χ4n) is 2.08. The Bertz CT molecular complexity index is 528. The Balaban J connectivity index is 2.25. The first kappa shape index (κ1) is 12.1. The van der Waals surface area contributed by atoms with Crippen LogP contribution in [0.3, 0.4) is 0 Å². The first-order valence-corrected chi connectivity index (χ1v) is 6.52. The van der Waals surface area contributed by atoms with E-state index in [0.29, 0.717) is 4.99 Å². The van der Waals surface area contributed by atoms with E-state index in [1.54, 1.807) is 0 Å². The molecule has 1 heterocycles. The highest BCUT2D eigenvalue weighted by Crippen LogP contribution is 2.18. The maximum absolute atomic E-state index is 5.63. The summed E-state index contributed by atoms with van der Waals surface area (Å²) >= 11 is 4.99. The Hall–Kier alpha value is -1.35. The number of nitrogens with two attached hydrogens (primary N) is 1. The van der Waals surface area contributed by atoms with Crippen LogP contribution in [0.2, 0.25) is 0 Å². The van der Waals surface area contributed by atoms with E-state index in [9.17, 15) is 0 Å². The van der Waals surface area contributed by atoms with Crippen molar-refractivity contribution in [2.75, 3.05) is 0 Å². The molecular formula is C14H18N2S. The molecule has 2 nitrogen and oxygen atoms in total. The highest BCUT2D eigenvalue weighted by molar-refractivity contribution is 7.80. The SMILES string of the molecule is CCCCCn1ccc2cc(C(N)=S)ccc21. The maximum atomic E-state index is 5.63. The highest BCUT2D eigenvalue weighted by Gasteiger charge is 2.03. The van der Waals surface area contributed by atoms with Crippen LogP contribution < -0.4 is 5.73 Å². The van der Waals surface area contributed by atoms with E-state index < -0.39 is 0 Å². The minimum Gasteiger partial charge on any atom is -0.389 e. The summed E-state index contributed by atoms with van der Waals surface area (Å²) in [6, 6.07) is 8.30. The third-order valence-corrected chi connectivity index (χ3v) is 3.29. The van der Waals surface area contributed by atoms with Crippen molar-refractivity contribution in [3.05, 3.63) is 36.0 Å². The average molecular weight is 246 g/mol. The molecule has 0 unspecified atom stereocenters. The third kappa shape index (κ3) is 2.67. The number of aromatic nitrogens is 1. The Labute approximate surface area is 107 Å². The molecule has 2 N–H and O–H groups in total. The van der Waals surface area contributed by atoms with E-state index in [1.165, 1.54) is 30.2 Å². The van der Waals surface area contributed by atoms with Gasteiger partial charge in [0, 0.05) is 29.2 Å². The van der Waals surface area contributed by atoms with Crippen LogP contribution in [0.15, 0.2) is 30.5 Å². The van der Waals surface area contributed by atoms with Gasteiger partial charge in [0.1, 0.15) is 4.99 Å². The van der Waals surface area contributed by atoms with Crippen LogP contribution >= 0.6 is 12.2 Å². The molecule has 0 atom stereocenters. The van der Waals surface area contributed by atoms with Crippen molar-refractivity contribution in [3.8, 4) is 0 Å². The zero-order valence-electron chi connectivity index (χ0n) is 10.1. The number of thiocarbonyl (C=S) groups is 1. The number of hydrogen-bond donors (Lipinski definition) is 1. The molecule has 0 aliphatic heterocycles. The Morgan fingerprint density at radius 3 is 2.82 bits per heavy atom. The van der Waals surface area contributed by atoms with Crippen molar-refractivity contribution in [3.63, 3.8) is 0 Å². The van der Waals surface area contributed by atoms with Crippen LogP contribution in [0.5, 0.6) is 0 Å². The first-order valence-electron chi connectivity index (χ1n) is 6.11. The minimum atomic E-state index is 0.464. The molecule has 0 saturated carbocycles. The van der Waals surface area contributed by atoms with Gasteiger partial charge in [-0.25, -0.2) is 0 Å². The summed E-state index contributed by atoms with van der Waals surface area (Å²) < 4.78 is 2.30. The number of benzene rings is 1. The second kappa shape index (κ2) is 5.32. The van der Waals surface area contributed by atoms with Crippen LogP contribution in [-0.2, 0) is 6.54 Å². The highest BCUT2D eigenvalue weighted by atomic mass is 32.1. The molecule has 0 bridgehead atoms. The summed E-state index contributed by atoms with van der Waals surface area (Å²) in [5.41, 5.74) is 7.84. The molecule has 90 valence electrons. The topological polar surface area (TPSA) is 30.9 Å². The van der Waals surface area contributed by atoms with Crippen LogP contribution in [0.25, 0.3) is 10.9 Å². The van der Waals surface area contributed by atoms with E-state index in [-0.39, 0.29) is 0 Å². The van der Waals surface area contributed by atoms with Crippen molar-refractivity contribution >= 4 is 28.1 Å². The summed E-state index contributed by atoms with van der Waals surface area (Å²) in [6.07, 6.45) is 5.91. The smallest absolute Gasteiger partial charge is 0.104 e. The van der Waals surface area contributed by atoms with E-state index in [2.05, 4.69) is 35.9 Å². The summed E-state index contributed by atoms with van der Waals surface area (Å²) in [5, 5.41) is 1.21. The maximum Gasteiger partial charge on any atom is 0.104 e. The molecule has 0 amide bonds. The van der Waals surface area contributed by atoms with Crippen LogP contribution in [0.4, 0.5) is 0 Å². The van der Waals surface area contributed by atoms with Gasteiger partial charge in [-0.3, -0.25) is 0 Å². The summed E-state index contributed by atoms with van der Waals surface area (Å²) in [7, 11) is 0. The van der Waals surface area contributed by atoms with Crippen LogP contribution in [0.1, 0.15) is 31.7 Å². The molecule has 2 rings (SSSR count). The molecule has 0 fully saturated rings. The predicted octanol–water partition coefficient (Wildman–Crippen LogP) is 3.47. The van der Waals surface area contributed by atoms with Gasteiger partial charge in [0.15, 0.2) is 0 Å². The Morgan fingerprint density at radius 1 is 1.29 bits per heavy atom. The number of nitrogens with zero attached hydrogens (tertiary/aromatic N) is 1. The van der Waals surface area contributed by atoms with Gasteiger partial charge in [0.25, 0.3) is 0 Å². The molecule has 0 aliphatic rings. The molecule has 0 spiro atoms. The number of hydrogen-bond acceptors (Lipinski definition) is 1. The average Bonchev–Trinajstić information content (AvgIpc) is 2.72. The fourth-order valence-corrected chi connectivity index (χ4v) is 2.21. The van der Waals surface area contributed by atoms with Gasteiger partial charge in [-0.2, -0.15) is 0 Å². The van der Waals surface area contributed by atoms with E-state index in [4.69, 9.17) is 18.0 Å². The lowest BCUT2D eigenvalue weighted by Crippen LogP contribution is -2.08. The molecule has 1 aromatic heterocycles. The van der Waals surface area contributed by atoms with Crippen molar-refractivity contribution in [2.45, 2.75) is 32.7 Å². The van der Waals surface area contributed by atoms with Crippen molar-refractivity contribution in [1.29, 1.82) is 0 Å². The molecule has 2 aromatic rings. The van der Waals surface area contributed by atoms with Gasteiger partial charge in [-0.05, 0) is 30.7 Å². The standard InChI is InChI=1S/C14H18N2S/c1-2-3-4-8-16-9-7-11-10-12(14(15)17)5-6-13(11)16/h5-7,9-10H,2-4,8H2,1H3,(H2,15,17). The Kier molecular flexibility index (Phi) is 3.79. The molecule has 3 heteroatoms. The normalized spacial score (nSPS) is 10.9. The van der Waals surface area contributed by atoms with Gasteiger partial charge in [0.05, 0.1) is 0 Å². The van der Waals surface area contributed by atoms with Crippen LogP contribution in [0, 0.1) is 0 Å². The first-order chi connectivity index (χ1) is 8.22. The van der Waals surface area contributed by atoms with Crippen molar-refractivity contribution in [1.82, 2.24) is 4.57 Å². The van der Waals surface area contributed by atoms with Gasteiger partial charge >= 0.3 is 0 Å². The minimum absolute atomic E-state index is 0.464. The number of fused-ring (bicyclic) bond motifs is 1. The second-order valence-corrected chi connectivity index (χ2v) is 4.79. The van der Waals surface area contributed by atoms with Crippen molar-refractivity contribution in [2.24, 2.45) is 5.73 Å². The molecule has 17 heavy (non-hydrogen) atoms. The molecular weight excluding hydrogens is 228 g/mol. The van der Waals surface area contributed by atoms with Gasteiger partial charge in [-0.1, -0.05) is 32.0 Å². The van der Waals surface area contributed by atoms with E-state index in [1.807, 2.05) is 6.07 Å². The lowest BCUT2D eigenvalue weighted by atomic mass is 10.1. The lowest BCUT2D eigenvalue weighted by molar-refractivity contribution is 0.616. The van der Waals surface area contributed by atoms with Crippen molar-refractivity contribution < 1.29 is 0 Å². The van der Waals surface area contributed by atoms with Gasteiger partial charge < -0.3 is 10.3 Å². The quantitative estimate of drug-likeness (QED) is 0.647. The number of aryl methyl sites for hydroxylation is 1. The molecule has 0 saturated heterocycles. The van der Waals surface area contributed by atoms with Gasteiger partial charge in [0.2, 0.25) is 0 Å². The van der Waals surface area contributed by atoms with Gasteiger partial charge in [-0.15, -0.1) is 0 Å². The summed E-state index contributed by atoms with van der Waals surface area (Å²) in [4.78, 5) is 0.464. The number of rotatable bonds is 5. The monoisotopic (exact) mass is 246 g/mol. The molecule has 0 aliphatic carbocycles. The summed E-state index contributed by atoms with van der Waals surface area (Å²) in [5.74, 6) is 0. The predicted molar refractivity (Wildman–Crippen MR) is 77.4 cm³/mol. The van der Waals surface area contributed by atoms with Crippen LogP contribution in [-0.4, -0.2) is 9.56 Å². The van der Waals surface area contributed by atoms with E-state index in [0.717, 1.165) is 12.1 Å². The molecule has 1 aromatic carbocycles. The lowest BCUT2D eigenvalue weighted by Gasteiger charge is -2.05. The van der Waals surface area contributed by atoms with E-state index >= 15 is 0 Å². The zero-order chi connectivity index (χ0) is 12.3. The molecule has 0 radical (unpaired) electrons.